The van der Waals surface area contributed by atoms with Crippen molar-refractivity contribution in [2.45, 2.75) is 53.4 Å². The molecule has 0 heterocycles. The molecule has 0 saturated heterocycles. The summed E-state index contributed by atoms with van der Waals surface area (Å²) >= 11 is 0. The Morgan fingerprint density at radius 3 is 2.47 bits per heavy atom. The molecule has 1 atom stereocenters. The fourth-order valence-electron chi connectivity index (χ4n) is 1.97. The van der Waals surface area contributed by atoms with Crippen molar-refractivity contribution in [2.75, 3.05) is 20.1 Å². The standard InChI is InChI=1S/C18H33N/c1-6-9-10-11-13-17(4)16-18(12-7-2)14-15-19(5)8-3/h9-11,13-14,17H,6-8,12,15-16H2,1-5H3/b10-9?,13-11+,18-14+. The third-order valence-electron chi connectivity index (χ3n) is 3.31. The number of hydrogen-bond acceptors (Lipinski definition) is 1. The van der Waals surface area contributed by atoms with E-state index in [4.69, 9.17) is 0 Å². The van der Waals surface area contributed by atoms with E-state index in [1.54, 1.807) is 5.57 Å². The smallest absolute Gasteiger partial charge is 0.0162 e. The molecule has 0 fully saturated rings. The molecular formula is C18H33N. The zero-order chi connectivity index (χ0) is 14.5. The summed E-state index contributed by atoms with van der Waals surface area (Å²) in [5.74, 6) is 0.631. The van der Waals surface area contributed by atoms with Crippen molar-refractivity contribution in [1.29, 1.82) is 0 Å². The van der Waals surface area contributed by atoms with Gasteiger partial charge in [0.05, 0.1) is 0 Å². The molecule has 0 aliphatic heterocycles. The van der Waals surface area contributed by atoms with E-state index in [1.165, 1.54) is 19.3 Å². The molecular weight excluding hydrogens is 230 g/mol. The number of hydrogen-bond donors (Lipinski definition) is 0. The van der Waals surface area contributed by atoms with Crippen LogP contribution in [0.4, 0.5) is 0 Å². The van der Waals surface area contributed by atoms with E-state index in [2.05, 4.69) is 70.0 Å². The van der Waals surface area contributed by atoms with Gasteiger partial charge in [0.15, 0.2) is 0 Å². The van der Waals surface area contributed by atoms with Gasteiger partial charge in [-0.3, -0.25) is 0 Å². The highest BCUT2D eigenvalue weighted by Gasteiger charge is 2.02. The number of likely N-dealkylation sites (N-methyl/N-ethyl adjacent to an activating group) is 1. The van der Waals surface area contributed by atoms with Crippen LogP contribution in [0.1, 0.15) is 53.4 Å². The van der Waals surface area contributed by atoms with Crippen molar-refractivity contribution in [1.82, 2.24) is 4.90 Å². The van der Waals surface area contributed by atoms with Crippen LogP contribution in [0.25, 0.3) is 0 Å². The maximum Gasteiger partial charge on any atom is 0.0162 e. The third-order valence-corrected chi connectivity index (χ3v) is 3.31. The Morgan fingerprint density at radius 1 is 1.16 bits per heavy atom. The van der Waals surface area contributed by atoms with Gasteiger partial charge in [0.2, 0.25) is 0 Å². The average Bonchev–Trinajstić information content (AvgIpc) is 2.40. The Labute approximate surface area is 121 Å². The fourth-order valence-corrected chi connectivity index (χ4v) is 1.97. The molecule has 0 aromatic carbocycles. The predicted octanol–water partition coefficient (Wildman–Crippen LogP) is 5.21. The lowest BCUT2D eigenvalue weighted by Gasteiger charge is -2.14. The normalized spacial score (nSPS) is 14.9. The molecule has 0 amide bonds. The van der Waals surface area contributed by atoms with E-state index in [0.29, 0.717) is 5.92 Å². The maximum absolute atomic E-state index is 2.43. The maximum atomic E-state index is 2.43. The van der Waals surface area contributed by atoms with Crippen LogP contribution in [0.3, 0.4) is 0 Å². The average molecular weight is 263 g/mol. The van der Waals surface area contributed by atoms with Gasteiger partial charge in [0, 0.05) is 6.54 Å². The van der Waals surface area contributed by atoms with E-state index < -0.39 is 0 Å². The van der Waals surface area contributed by atoms with Gasteiger partial charge in [-0.05, 0) is 38.8 Å². The van der Waals surface area contributed by atoms with Crippen LogP contribution < -0.4 is 0 Å². The largest absolute Gasteiger partial charge is 0.303 e. The van der Waals surface area contributed by atoms with Crippen molar-refractivity contribution >= 4 is 0 Å². The summed E-state index contributed by atoms with van der Waals surface area (Å²) in [4.78, 5) is 2.35. The minimum atomic E-state index is 0.631. The monoisotopic (exact) mass is 263 g/mol. The number of allylic oxidation sites excluding steroid dienone is 5. The first-order valence-electron chi connectivity index (χ1n) is 7.83. The Bertz CT molecular complexity index is 286. The van der Waals surface area contributed by atoms with Gasteiger partial charge in [-0.15, -0.1) is 0 Å². The van der Waals surface area contributed by atoms with Crippen LogP contribution in [0.2, 0.25) is 0 Å². The van der Waals surface area contributed by atoms with E-state index in [1.807, 2.05) is 0 Å². The Hall–Kier alpha value is -0.820. The van der Waals surface area contributed by atoms with Crippen LogP contribution in [-0.4, -0.2) is 25.0 Å². The molecule has 110 valence electrons. The molecule has 1 unspecified atom stereocenters. The van der Waals surface area contributed by atoms with E-state index in [-0.39, 0.29) is 0 Å². The van der Waals surface area contributed by atoms with Gasteiger partial charge in [-0.25, -0.2) is 0 Å². The first-order valence-corrected chi connectivity index (χ1v) is 7.83. The van der Waals surface area contributed by atoms with Gasteiger partial charge >= 0.3 is 0 Å². The highest BCUT2D eigenvalue weighted by molar-refractivity contribution is 5.09. The summed E-state index contributed by atoms with van der Waals surface area (Å²) in [6.07, 6.45) is 16.1. The van der Waals surface area contributed by atoms with Crippen LogP contribution in [0.15, 0.2) is 36.0 Å². The molecule has 0 rings (SSSR count). The fraction of sp³-hybridized carbons (Fsp3) is 0.667. The summed E-state index contributed by atoms with van der Waals surface area (Å²) < 4.78 is 0. The lowest BCUT2D eigenvalue weighted by atomic mass is 9.97. The van der Waals surface area contributed by atoms with Crippen molar-refractivity contribution in [2.24, 2.45) is 5.92 Å². The highest BCUT2D eigenvalue weighted by Crippen LogP contribution is 2.17. The number of nitrogens with zero attached hydrogens (tertiary/aromatic N) is 1. The van der Waals surface area contributed by atoms with E-state index in [0.717, 1.165) is 19.5 Å². The minimum Gasteiger partial charge on any atom is -0.303 e. The van der Waals surface area contributed by atoms with Crippen LogP contribution in [0.5, 0.6) is 0 Å². The molecule has 0 aliphatic carbocycles. The summed E-state index contributed by atoms with van der Waals surface area (Å²) in [5.41, 5.74) is 1.61. The van der Waals surface area contributed by atoms with Gasteiger partial charge < -0.3 is 4.90 Å². The SMILES string of the molecule is CCC=C/C=C/C(C)C/C(=C/CN(C)CC)CCC. The van der Waals surface area contributed by atoms with Crippen molar-refractivity contribution in [3.63, 3.8) is 0 Å². The molecule has 0 aromatic rings. The molecule has 0 spiro atoms. The lowest BCUT2D eigenvalue weighted by molar-refractivity contribution is 0.390. The van der Waals surface area contributed by atoms with E-state index in [9.17, 15) is 0 Å². The van der Waals surface area contributed by atoms with Gasteiger partial charge in [-0.1, -0.05) is 70.1 Å². The van der Waals surface area contributed by atoms with Crippen molar-refractivity contribution < 1.29 is 0 Å². The second-order valence-electron chi connectivity index (χ2n) is 5.37. The Morgan fingerprint density at radius 2 is 1.89 bits per heavy atom. The molecule has 0 N–H and O–H groups in total. The minimum absolute atomic E-state index is 0.631. The molecule has 1 nitrogen and oxygen atoms in total. The molecule has 0 saturated carbocycles. The molecule has 0 aliphatic rings. The molecule has 0 bridgehead atoms. The first-order chi connectivity index (χ1) is 9.13. The van der Waals surface area contributed by atoms with E-state index >= 15 is 0 Å². The zero-order valence-corrected chi connectivity index (χ0v) is 13.7. The molecule has 19 heavy (non-hydrogen) atoms. The Kier molecular flexibility index (Phi) is 11.7. The quantitative estimate of drug-likeness (QED) is 0.386. The first kappa shape index (κ1) is 18.2. The molecule has 1 heteroatoms. The summed E-state index contributed by atoms with van der Waals surface area (Å²) in [6, 6.07) is 0. The number of rotatable bonds is 10. The third kappa shape index (κ3) is 10.8. The zero-order valence-electron chi connectivity index (χ0n) is 13.7. The topological polar surface area (TPSA) is 3.24 Å². The summed E-state index contributed by atoms with van der Waals surface area (Å²) in [5, 5.41) is 0. The van der Waals surface area contributed by atoms with Crippen molar-refractivity contribution in [3.05, 3.63) is 36.0 Å². The summed E-state index contributed by atoms with van der Waals surface area (Å²) in [6.45, 7) is 11.1. The lowest BCUT2D eigenvalue weighted by Crippen LogP contribution is -2.17. The second-order valence-corrected chi connectivity index (χ2v) is 5.37. The van der Waals surface area contributed by atoms with Crippen molar-refractivity contribution in [3.8, 4) is 0 Å². The highest BCUT2D eigenvalue weighted by atomic mass is 15.1. The summed E-state index contributed by atoms with van der Waals surface area (Å²) in [7, 11) is 2.18. The van der Waals surface area contributed by atoms with Gasteiger partial charge in [0.1, 0.15) is 0 Å². The van der Waals surface area contributed by atoms with Gasteiger partial charge in [0.25, 0.3) is 0 Å². The Balaban J connectivity index is 4.31. The van der Waals surface area contributed by atoms with Gasteiger partial charge in [-0.2, -0.15) is 0 Å². The predicted molar refractivity (Wildman–Crippen MR) is 88.5 cm³/mol. The molecule has 0 aromatic heterocycles. The molecule has 0 radical (unpaired) electrons. The van der Waals surface area contributed by atoms with Crippen LogP contribution in [0, 0.1) is 5.92 Å². The second kappa shape index (κ2) is 12.2. The van der Waals surface area contributed by atoms with Crippen LogP contribution in [-0.2, 0) is 0 Å². The van der Waals surface area contributed by atoms with Crippen LogP contribution >= 0.6 is 0 Å².